The molecule has 3 heterocycles. The lowest BCUT2D eigenvalue weighted by molar-refractivity contribution is 0.0696. The van der Waals surface area contributed by atoms with Crippen molar-refractivity contribution in [2.24, 2.45) is 0 Å². The summed E-state index contributed by atoms with van der Waals surface area (Å²) in [5, 5.41) is 23.9. The van der Waals surface area contributed by atoms with Crippen LogP contribution in [0, 0.1) is 0 Å². The number of hydrogen-bond donors (Lipinski definition) is 3. The summed E-state index contributed by atoms with van der Waals surface area (Å²) in [5.41, 5.74) is 5.56. The van der Waals surface area contributed by atoms with Gasteiger partial charge in [-0.1, -0.05) is 41.7 Å². The van der Waals surface area contributed by atoms with Crippen molar-refractivity contribution in [3.63, 3.8) is 0 Å². The van der Waals surface area contributed by atoms with Gasteiger partial charge in [-0.15, -0.1) is 0 Å². The molecule has 0 amide bonds. The minimum absolute atomic E-state index is 0.119. The van der Waals surface area contributed by atoms with Crippen molar-refractivity contribution in [3.05, 3.63) is 83.3 Å². The molecular weight excluding hydrogens is 438 g/mol. The summed E-state index contributed by atoms with van der Waals surface area (Å²) in [4.78, 5) is 24.5. The molecule has 6 rings (SSSR count). The molecule has 0 aliphatic heterocycles. The van der Waals surface area contributed by atoms with Gasteiger partial charge in [-0.2, -0.15) is 0 Å². The number of aliphatic hydroxyl groups is 1. The highest BCUT2D eigenvalue weighted by Gasteiger charge is 2.31. The lowest BCUT2D eigenvalue weighted by Gasteiger charge is -2.16. The molecule has 164 valence electrons. The number of nitrogens with zero attached hydrogens (tertiary/aromatic N) is 4. The van der Waals surface area contributed by atoms with E-state index in [1.165, 1.54) is 17.8 Å². The normalized spacial score (nSPS) is 17.5. The monoisotopic (exact) mass is 457 g/mol. The second kappa shape index (κ2) is 7.65. The first-order chi connectivity index (χ1) is 16.0. The molecule has 0 bridgehead atoms. The van der Waals surface area contributed by atoms with Crippen LogP contribution in [0.5, 0.6) is 0 Å². The minimum atomic E-state index is -1.02. The number of fused-ring (bicyclic) bond motifs is 3. The first-order valence-electron chi connectivity index (χ1n) is 10.5. The third-order valence-electron chi connectivity index (χ3n) is 5.99. The van der Waals surface area contributed by atoms with E-state index in [2.05, 4.69) is 33.5 Å². The zero-order chi connectivity index (χ0) is 22.5. The molecule has 5 aromatic rings. The molecule has 2 aromatic carbocycles. The first kappa shape index (κ1) is 19.8. The Morgan fingerprint density at radius 1 is 1.15 bits per heavy atom. The maximum atomic E-state index is 11.2. The molecule has 2 atom stereocenters. The molecule has 3 aromatic heterocycles. The average molecular weight is 458 g/mol. The smallest absolute Gasteiger partial charge is 0.337 e. The van der Waals surface area contributed by atoms with Crippen LogP contribution >= 0.6 is 11.3 Å². The summed E-state index contributed by atoms with van der Waals surface area (Å²) < 4.78 is 2.94. The van der Waals surface area contributed by atoms with Crippen LogP contribution < -0.4 is 5.32 Å². The van der Waals surface area contributed by atoms with Gasteiger partial charge >= 0.3 is 5.97 Å². The maximum Gasteiger partial charge on any atom is 0.337 e. The molecule has 33 heavy (non-hydrogen) atoms. The Morgan fingerprint density at radius 3 is 2.91 bits per heavy atom. The van der Waals surface area contributed by atoms with Crippen molar-refractivity contribution in [1.82, 2.24) is 19.5 Å². The van der Waals surface area contributed by atoms with E-state index in [4.69, 9.17) is 10.1 Å². The number of anilines is 1. The Balaban J connectivity index is 1.26. The van der Waals surface area contributed by atoms with Gasteiger partial charge < -0.3 is 20.1 Å². The average Bonchev–Trinajstić information content (AvgIpc) is 3.49. The van der Waals surface area contributed by atoms with E-state index in [9.17, 15) is 9.90 Å². The van der Waals surface area contributed by atoms with Crippen LogP contribution in [0.25, 0.3) is 21.4 Å². The number of carbonyl (C=O) groups is 1. The van der Waals surface area contributed by atoms with E-state index in [1.807, 2.05) is 28.8 Å². The van der Waals surface area contributed by atoms with Crippen LogP contribution in [0.4, 0.5) is 5.13 Å². The lowest BCUT2D eigenvalue weighted by atomic mass is 10.1. The topological polar surface area (TPSA) is 113 Å². The van der Waals surface area contributed by atoms with Gasteiger partial charge in [0.2, 0.25) is 0 Å². The number of rotatable bonds is 5. The standard InChI is InChI=1S/C24H19N5O3S/c30-19-9-14-3-1-2-4-16(14)21(19)28-24-27-17-6-5-13(7-20(17)33-24)11-29-12-26-18-8-15(23(31)32)10-25-22(18)29/h1-8,10,12,19,21,30H,9,11H2,(H,27,28)(H,31,32)/t19-,21-/m1/s1. The third-order valence-corrected chi connectivity index (χ3v) is 6.94. The van der Waals surface area contributed by atoms with Crippen molar-refractivity contribution in [3.8, 4) is 0 Å². The molecule has 0 spiro atoms. The fraction of sp³-hybridized carbons (Fsp3) is 0.167. The van der Waals surface area contributed by atoms with Crippen molar-refractivity contribution >= 4 is 43.8 Å². The molecule has 0 saturated carbocycles. The zero-order valence-electron chi connectivity index (χ0n) is 17.3. The predicted molar refractivity (Wildman–Crippen MR) is 126 cm³/mol. The van der Waals surface area contributed by atoms with Crippen LogP contribution in [0.1, 0.15) is 33.1 Å². The van der Waals surface area contributed by atoms with Crippen LogP contribution in [0.3, 0.4) is 0 Å². The third kappa shape index (κ3) is 3.51. The van der Waals surface area contributed by atoms with Gasteiger partial charge in [0.15, 0.2) is 10.8 Å². The van der Waals surface area contributed by atoms with E-state index >= 15 is 0 Å². The quantitative estimate of drug-likeness (QED) is 0.367. The number of thiazole rings is 1. The van der Waals surface area contributed by atoms with E-state index in [0.717, 1.165) is 26.5 Å². The van der Waals surface area contributed by atoms with Crippen LogP contribution in [-0.4, -0.2) is 41.8 Å². The molecule has 8 nitrogen and oxygen atoms in total. The number of benzene rings is 2. The summed E-state index contributed by atoms with van der Waals surface area (Å²) in [6, 6.07) is 15.6. The highest BCUT2D eigenvalue weighted by Crippen LogP contribution is 2.36. The number of nitrogens with one attached hydrogen (secondary N) is 1. The summed E-state index contributed by atoms with van der Waals surface area (Å²) >= 11 is 1.56. The Bertz CT molecular complexity index is 1530. The Morgan fingerprint density at radius 2 is 2.03 bits per heavy atom. The van der Waals surface area contributed by atoms with E-state index in [-0.39, 0.29) is 11.6 Å². The highest BCUT2D eigenvalue weighted by molar-refractivity contribution is 7.22. The zero-order valence-corrected chi connectivity index (χ0v) is 18.2. The number of pyridine rings is 1. The summed E-state index contributed by atoms with van der Waals surface area (Å²) in [6.45, 7) is 0.557. The largest absolute Gasteiger partial charge is 0.478 e. The van der Waals surface area contributed by atoms with Gasteiger partial charge in [-0.25, -0.2) is 19.7 Å². The molecule has 3 N–H and O–H groups in total. The number of aromatic carboxylic acids is 1. The summed E-state index contributed by atoms with van der Waals surface area (Å²) in [5.74, 6) is -1.02. The van der Waals surface area contributed by atoms with Crippen LogP contribution in [0.2, 0.25) is 0 Å². The van der Waals surface area contributed by atoms with Gasteiger partial charge in [-0.05, 0) is 34.9 Å². The van der Waals surface area contributed by atoms with Crippen molar-refractivity contribution in [1.29, 1.82) is 0 Å². The summed E-state index contributed by atoms with van der Waals surface area (Å²) in [7, 11) is 0. The predicted octanol–water partition coefficient (Wildman–Crippen LogP) is 3.86. The van der Waals surface area contributed by atoms with E-state index in [0.29, 0.717) is 24.1 Å². The Kier molecular flexibility index (Phi) is 4.60. The van der Waals surface area contributed by atoms with Crippen LogP contribution in [-0.2, 0) is 13.0 Å². The second-order valence-electron chi connectivity index (χ2n) is 8.16. The number of carboxylic acids is 1. The molecule has 9 heteroatoms. The van der Waals surface area contributed by atoms with Crippen molar-refractivity contribution < 1.29 is 15.0 Å². The molecule has 0 radical (unpaired) electrons. The van der Waals surface area contributed by atoms with Gasteiger partial charge in [0, 0.05) is 12.6 Å². The molecule has 0 unspecified atom stereocenters. The van der Waals surface area contributed by atoms with Gasteiger partial charge in [0.05, 0.1) is 40.8 Å². The number of aliphatic hydroxyl groups excluding tert-OH is 1. The van der Waals surface area contributed by atoms with Crippen LogP contribution in [0.15, 0.2) is 61.1 Å². The Hall–Kier alpha value is -3.82. The summed E-state index contributed by atoms with van der Waals surface area (Å²) in [6.07, 6.45) is 3.19. The fourth-order valence-corrected chi connectivity index (χ4v) is 5.35. The van der Waals surface area contributed by atoms with Crippen molar-refractivity contribution in [2.75, 3.05) is 5.32 Å². The molecular formula is C24H19N5O3S. The number of carboxylic acid groups (broad SMARTS) is 1. The SMILES string of the molecule is O=C(O)c1cnc2c(c1)ncn2Cc1ccc2nc(N[C@@H]3c4ccccc4C[C@H]3O)sc2c1. The van der Waals surface area contributed by atoms with Gasteiger partial charge in [0.1, 0.15) is 5.52 Å². The molecule has 1 aliphatic rings. The molecule has 0 saturated heterocycles. The first-order valence-corrected chi connectivity index (χ1v) is 11.3. The van der Waals surface area contributed by atoms with E-state index in [1.54, 1.807) is 17.7 Å². The molecule has 0 fully saturated rings. The number of hydrogen-bond acceptors (Lipinski definition) is 7. The maximum absolute atomic E-state index is 11.2. The number of imidazole rings is 1. The van der Waals surface area contributed by atoms with Gasteiger partial charge in [-0.3, -0.25) is 0 Å². The lowest BCUT2D eigenvalue weighted by Crippen LogP contribution is -2.20. The van der Waals surface area contributed by atoms with Crippen molar-refractivity contribution in [2.45, 2.75) is 25.1 Å². The molecule has 1 aliphatic carbocycles. The highest BCUT2D eigenvalue weighted by atomic mass is 32.1. The van der Waals surface area contributed by atoms with E-state index < -0.39 is 12.1 Å². The second-order valence-corrected chi connectivity index (χ2v) is 9.19. The fourth-order valence-electron chi connectivity index (χ4n) is 4.39. The Labute approximate surface area is 192 Å². The minimum Gasteiger partial charge on any atom is -0.478 e. The number of aromatic nitrogens is 4. The van der Waals surface area contributed by atoms with Gasteiger partial charge in [0.25, 0.3) is 0 Å².